The number of pyridine rings is 1. The van der Waals surface area contributed by atoms with Gasteiger partial charge in [0, 0.05) is 43.4 Å². The number of amides is 2. The van der Waals surface area contributed by atoms with E-state index in [0.717, 1.165) is 18.4 Å². The Morgan fingerprint density at radius 1 is 1.00 bits per heavy atom. The fourth-order valence-corrected chi connectivity index (χ4v) is 3.38. The van der Waals surface area contributed by atoms with E-state index in [-0.39, 0.29) is 19.1 Å². The van der Waals surface area contributed by atoms with Crippen molar-refractivity contribution in [1.82, 2.24) is 20.3 Å². The topological polar surface area (TPSA) is 139 Å². The quantitative estimate of drug-likeness (QED) is 0.233. The lowest BCUT2D eigenvalue weighted by atomic mass is 10.2. The van der Waals surface area contributed by atoms with Crippen molar-refractivity contribution in [2.75, 3.05) is 42.2 Å². The van der Waals surface area contributed by atoms with Gasteiger partial charge in [-0.3, -0.25) is 9.78 Å². The lowest BCUT2D eigenvalue weighted by Gasteiger charge is -2.19. The molecule has 0 saturated heterocycles. The Hall–Kier alpha value is -4.41. The number of anilines is 3. The van der Waals surface area contributed by atoms with Crippen LogP contribution in [0.4, 0.5) is 22.2 Å². The Balaban J connectivity index is 1.57. The third-order valence-corrected chi connectivity index (χ3v) is 5.15. The van der Waals surface area contributed by atoms with Crippen molar-refractivity contribution in [1.29, 1.82) is 0 Å². The van der Waals surface area contributed by atoms with Gasteiger partial charge in [0.25, 0.3) is 5.91 Å². The van der Waals surface area contributed by atoms with E-state index >= 15 is 0 Å². The van der Waals surface area contributed by atoms with Crippen molar-refractivity contribution in [2.45, 2.75) is 46.1 Å². The van der Waals surface area contributed by atoms with Crippen LogP contribution in [0.15, 0.2) is 55.0 Å². The average Bonchev–Trinajstić information content (AvgIpc) is 2.90. The molecule has 0 aliphatic heterocycles. The lowest BCUT2D eigenvalue weighted by Crippen LogP contribution is -2.34. The number of hydrogen-bond donors (Lipinski definition) is 4. The highest BCUT2D eigenvalue weighted by molar-refractivity contribution is 6.07. The maximum Gasteiger partial charge on any atom is 0.407 e. The van der Waals surface area contributed by atoms with Gasteiger partial charge in [0.15, 0.2) is 0 Å². The fraction of sp³-hybridized carbons (Fsp3) is 0.393. The summed E-state index contributed by atoms with van der Waals surface area (Å²) in [7, 11) is 0. The van der Waals surface area contributed by atoms with E-state index < -0.39 is 11.7 Å². The first-order valence-corrected chi connectivity index (χ1v) is 13.0. The molecule has 39 heavy (non-hydrogen) atoms. The highest BCUT2D eigenvalue weighted by Gasteiger charge is 2.17. The van der Waals surface area contributed by atoms with Crippen LogP contribution in [0.5, 0.6) is 5.75 Å². The minimum atomic E-state index is -0.564. The van der Waals surface area contributed by atoms with Crippen LogP contribution in [-0.4, -0.2) is 58.8 Å². The molecule has 11 nitrogen and oxygen atoms in total. The van der Waals surface area contributed by atoms with E-state index in [1.54, 1.807) is 57.4 Å². The first-order valence-electron chi connectivity index (χ1n) is 13.0. The van der Waals surface area contributed by atoms with E-state index in [1.165, 1.54) is 6.20 Å². The molecule has 0 saturated carbocycles. The van der Waals surface area contributed by atoms with E-state index in [4.69, 9.17) is 9.47 Å². The van der Waals surface area contributed by atoms with Crippen molar-refractivity contribution < 1.29 is 19.1 Å². The summed E-state index contributed by atoms with van der Waals surface area (Å²) in [5.74, 6) is 1.10. The van der Waals surface area contributed by atoms with Crippen LogP contribution >= 0.6 is 0 Å². The molecule has 1 aromatic carbocycles. The molecule has 0 unspecified atom stereocenters. The summed E-state index contributed by atoms with van der Waals surface area (Å²) in [5, 5.41) is 11.9. The zero-order valence-corrected chi connectivity index (χ0v) is 22.9. The molecule has 2 aromatic heterocycles. The van der Waals surface area contributed by atoms with Crippen LogP contribution in [-0.2, 0) is 11.2 Å². The molecule has 0 bridgehead atoms. The molecular weight excluding hydrogens is 498 g/mol. The van der Waals surface area contributed by atoms with Crippen LogP contribution in [0.3, 0.4) is 0 Å². The number of alkyl carbamates (subject to hydrolysis) is 1. The summed E-state index contributed by atoms with van der Waals surface area (Å²) < 4.78 is 10.9. The number of nitrogens with zero attached hydrogens (tertiary/aromatic N) is 3. The molecule has 3 aromatic rings. The molecule has 0 aliphatic rings. The standard InChI is InChI=1S/C28H37N7O4/c1-5-12-30-24-23(19-33-26(35-24)31-15-11-20-9-13-29-14-10-20)25(36)34-21-7-6-8-22(18-21)38-17-16-32-27(37)39-28(2,3)4/h6-10,13-14,18-19H,5,11-12,15-17H2,1-4H3,(H,32,37)(H,34,36)(H2,30,31,33,35). The summed E-state index contributed by atoms with van der Waals surface area (Å²) in [6.45, 7) is 9.26. The Bertz CT molecular complexity index is 1220. The molecule has 0 spiro atoms. The molecule has 0 fully saturated rings. The van der Waals surface area contributed by atoms with Crippen molar-refractivity contribution in [3.05, 3.63) is 66.1 Å². The molecule has 0 atom stereocenters. The van der Waals surface area contributed by atoms with Gasteiger partial charge in [0.1, 0.15) is 29.3 Å². The van der Waals surface area contributed by atoms with Crippen molar-refractivity contribution in [2.24, 2.45) is 0 Å². The highest BCUT2D eigenvalue weighted by atomic mass is 16.6. The molecule has 2 heterocycles. The monoisotopic (exact) mass is 535 g/mol. The lowest BCUT2D eigenvalue weighted by molar-refractivity contribution is 0.0520. The molecule has 2 amide bonds. The first kappa shape index (κ1) is 29.2. The van der Waals surface area contributed by atoms with Crippen LogP contribution in [0.1, 0.15) is 50.0 Å². The second-order valence-electron chi connectivity index (χ2n) is 9.67. The average molecular weight is 536 g/mol. The third kappa shape index (κ3) is 10.5. The number of nitrogens with one attached hydrogen (secondary N) is 4. The predicted molar refractivity (Wildman–Crippen MR) is 151 cm³/mol. The van der Waals surface area contributed by atoms with E-state index in [2.05, 4.69) is 36.2 Å². The number of carbonyl (C=O) groups excluding carboxylic acids is 2. The van der Waals surface area contributed by atoms with Gasteiger partial charge in [-0.05, 0) is 63.4 Å². The van der Waals surface area contributed by atoms with Gasteiger partial charge >= 0.3 is 6.09 Å². The number of rotatable bonds is 13. The Morgan fingerprint density at radius 2 is 1.79 bits per heavy atom. The largest absolute Gasteiger partial charge is 0.492 e. The highest BCUT2D eigenvalue weighted by Crippen LogP contribution is 2.20. The summed E-state index contributed by atoms with van der Waals surface area (Å²) in [6, 6.07) is 10.9. The zero-order valence-electron chi connectivity index (χ0n) is 22.9. The first-order chi connectivity index (χ1) is 18.7. The van der Waals surface area contributed by atoms with Crippen LogP contribution in [0.25, 0.3) is 0 Å². The zero-order chi connectivity index (χ0) is 28.1. The molecule has 0 aliphatic carbocycles. The van der Waals surface area contributed by atoms with Crippen LogP contribution in [0, 0.1) is 0 Å². The van der Waals surface area contributed by atoms with Gasteiger partial charge in [0.2, 0.25) is 5.95 Å². The Labute approximate surface area is 229 Å². The third-order valence-electron chi connectivity index (χ3n) is 5.15. The van der Waals surface area contributed by atoms with E-state index in [0.29, 0.717) is 41.9 Å². The van der Waals surface area contributed by atoms with Crippen LogP contribution in [0.2, 0.25) is 0 Å². The molecule has 4 N–H and O–H groups in total. The minimum Gasteiger partial charge on any atom is -0.492 e. The van der Waals surface area contributed by atoms with Gasteiger partial charge in [-0.2, -0.15) is 4.98 Å². The Morgan fingerprint density at radius 3 is 2.54 bits per heavy atom. The van der Waals surface area contributed by atoms with Gasteiger partial charge < -0.3 is 30.7 Å². The van der Waals surface area contributed by atoms with Crippen molar-refractivity contribution >= 4 is 29.5 Å². The van der Waals surface area contributed by atoms with Gasteiger partial charge in [-0.1, -0.05) is 13.0 Å². The summed E-state index contributed by atoms with van der Waals surface area (Å²) in [4.78, 5) is 37.8. The molecular formula is C28H37N7O4. The smallest absolute Gasteiger partial charge is 0.407 e. The Kier molecular flexibility index (Phi) is 10.8. The molecule has 11 heteroatoms. The SMILES string of the molecule is CCCNc1nc(NCCc2ccncc2)ncc1C(=O)Nc1cccc(OCCNC(=O)OC(C)(C)C)c1. The van der Waals surface area contributed by atoms with Crippen LogP contribution < -0.4 is 26.0 Å². The normalized spacial score (nSPS) is 10.9. The second-order valence-corrected chi connectivity index (χ2v) is 9.67. The molecule has 0 radical (unpaired) electrons. The number of benzene rings is 1. The van der Waals surface area contributed by atoms with Crippen molar-refractivity contribution in [3.8, 4) is 5.75 Å². The number of carbonyl (C=O) groups is 2. The number of aromatic nitrogens is 3. The minimum absolute atomic E-state index is 0.241. The van der Waals surface area contributed by atoms with Crippen molar-refractivity contribution in [3.63, 3.8) is 0 Å². The maximum atomic E-state index is 13.1. The second kappa shape index (κ2) is 14.5. The molecule has 208 valence electrons. The summed E-state index contributed by atoms with van der Waals surface area (Å²) >= 11 is 0. The van der Waals surface area contributed by atoms with E-state index in [1.807, 2.05) is 19.1 Å². The number of ether oxygens (including phenoxy) is 2. The maximum absolute atomic E-state index is 13.1. The molecule has 3 rings (SSSR count). The fourth-order valence-electron chi connectivity index (χ4n) is 3.38. The predicted octanol–water partition coefficient (Wildman–Crippen LogP) is 4.50. The number of hydrogen-bond acceptors (Lipinski definition) is 9. The van der Waals surface area contributed by atoms with Gasteiger partial charge in [-0.15, -0.1) is 0 Å². The van der Waals surface area contributed by atoms with Gasteiger partial charge in [-0.25, -0.2) is 9.78 Å². The van der Waals surface area contributed by atoms with E-state index in [9.17, 15) is 9.59 Å². The summed E-state index contributed by atoms with van der Waals surface area (Å²) in [6.07, 6.45) is 6.20. The van der Waals surface area contributed by atoms with Gasteiger partial charge in [0.05, 0.1) is 6.54 Å². The summed E-state index contributed by atoms with van der Waals surface area (Å²) in [5.41, 5.74) is 1.48.